The topological polar surface area (TPSA) is 0 Å². The first-order valence-corrected chi connectivity index (χ1v) is 10.0. The Kier molecular flexibility index (Phi) is 5.36. The zero-order valence-corrected chi connectivity index (χ0v) is 14.2. The fraction of sp³-hybridized carbons (Fsp3) is 0.900. The molecular weight excluding hydrogens is 251 g/mol. The predicted octanol–water partition coefficient (Wildman–Crippen LogP) is 6.61. The molecule has 0 aromatic rings. The van der Waals surface area contributed by atoms with Gasteiger partial charge in [0.25, 0.3) is 0 Å². The Labute approximate surface area is 132 Å². The minimum atomic E-state index is -0.392. The SMILES string of the molecule is CCCC#C[B-](C1CCCC1)(C1CCCC1)C1CCCC1. The Morgan fingerprint density at radius 2 is 1.10 bits per heavy atom. The molecule has 0 unspecified atom stereocenters. The Morgan fingerprint density at radius 1 is 0.714 bits per heavy atom. The molecule has 0 heterocycles. The van der Waals surface area contributed by atoms with Crippen LogP contribution in [0.3, 0.4) is 0 Å². The fourth-order valence-corrected chi connectivity index (χ4v) is 6.41. The summed E-state index contributed by atoms with van der Waals surface area (Å²) in [4.78, 5) is 0. The Bertz CT molecular complexity index is 330. The van der Waals surface area contributed by atoms with Gasteiger partial charge in [0.15, 0.2) is 0 Å². The molecule has 0 aromatic carbocycles. The van der Waals surface area contributed by atoms with E-state index in [1.54, 1.807) is 0 Å². The molecule has 0 saturated heterocycles. The molecule has 118 valence electrons. The van der Waals surface area contributed by atoms with Gasteiger partial charge in [0.05, 0.1) is 6.15 Å². The van der Waals surface area contributed by atoms with Crippen LogP contribution in [-0.2, 0) is 0 Å². The van der Waals surface area contributed by atoms with Gasteiger partial charge in [0, 0.05) is 6.42 Å². The third kappa shape index (κ3) is 3.06. The van der Waals surface area contributed by atoms with E-state index in [2.05, 4.69) is 18.7 Å². The van der Waals surface area contributed by atoms with Crippen molar-refractivity contribution in [3.05, 3.63) is 0 Å². The van der Waals surface area contributed by atoms with Crippen LogP contribution in [0.5, 0.6) is 0 Å². The second-order valence-electron chi connectivity index (χ2n) is 8.28. The van der Waals surface area contributed by atoms with Gasteiger partial charge >= 0.3 is 0 Å². The molecule has 0 aromatic heterocycles. The van der Waals surface area contributed by atoms with Gasteiger partial charge in [0.1, 0.15) is 0 Å². The van der Waals surface area contributed by atoms with E-state index in [-0.39, 0.29) is 0 Å². The third-order valence-corrected chi connectivity index (χ3v) is 7.27. The highest BCUT2D eigenvalue weighted by Gasteiger charge is 2.45. The van der Waals surface area contributed by atoms with Crippen LogP contribution in [0.15, 0.2) is 0 Å². The second-order valence-corrected chi connectivity index (χ2v) is 8.28. The van der Waals surface area contributed by atoms with Gasteiger partial charge in [-0.2, -0.15) is 23.4 Å². The summed E-state index contributed by atoms with van der Waals surface area (Å²) in [6.45, 7) is 2.28. The van der Waals surface area contributed by atoms with Crippen molar-refractivity contribution in [1.82, 2.24) is 0 Å². The fourth-order valence-electron chi connectivity index (χ4n) is 6.41. The maximum absolute atomic E-state index is 4.07. The zero-order chi connectivity index (χ0) is 14.5. The number of hydrogen-bond donors (Lipinski definition) is 0. The van der Waals surface area contributed by atoms with Crippen LogP contribution in [0.25, 0.3) is 0 Å². The van der Waals surface area contributed by atoms with Crippen molar-refractivity contribution in [3.63, 3.8) is 0 Å². The molecule has 3 aliphatic rings. The van der Waals surface area contributed by atoms with E-state index < -0.39 is 6.15 Å². The lowest BCUT2D eigenvalue weighted by Crippen LogP contribution is -2.46. The Balaban J connectivity index is 1.93. The minimum Gasteiger partial charge on any atom is -0.314 e. The maximum atomic E-state index is 4.07. The highest BCUT2D eigenvalue weighted by atomic mass is 14.3. The molecular formula is C20H34B-. The van der Waals surface area contributed by atoms with E-state index in [9.17, 15) is 0 Å². The van der Waals surface area contributed by atoms with Crippen molar-refractivity contribution in [2.75, 3.05) is 0 Å². The summed E-state index contributed by atoms with van der Waals surface area (Å²) in [5.41, 5.74) is 0. The molecule has 0 atom stereocenters. The Hall–Kier alpha value is -0.375. The lowest BCUT2D eigenvalue weighted by atomic mass is 9.08. The van der Waals surface area contributed by atoms with Crippen molar-refractivity contribution in [2.24, 2.45) is 0 Å². The predicted molar refractivity (Wildman–Crippen MR) is 95.1 cm³/mol. The van der Waals surface area contributed by atoms with Crippen molar-refractivity contribution in [2.45, 2.75) is 114 Å². The number of rotatable bonds is 4. The van der Waals surface area contributed by atoms with E-state index in [1.165, 1.54) is 83.5 Å². The molecule has 3 aliphatic carbocycles. The maximum Gasteiger partial charge on any atom is 0.0796 e. The van der Waals surface area contributed by atoms with E-state index in [0.717, 1.165) is 23.9 Å². The van der Waals surface area contributed by atoms with Gasteiger partial charge in [-0.15, -0.1) is 0 Å². The minimum absolute atomic E-state index is 0.392. The summed E-state index contributed by atoms with van der Waals surface area (Å²) in [6.07, 6.45) is 20.0. The highest BCUT2D eigenvalue weighted by molar-refractivity contribution is 6.91. The summed E-state index contributed by atoms with van der Waals surface area (Å²) >= 11 is 0. The molecule has 0 radical (unpaired) electrons. The zero-order valence-electron chi connectivity index (χ0n) is 14.2. The molecule has 0 bridgehead atoms. The third-order valence-electron chi connectivity index (χ3n) is 7.27. The number of unbranched alkanes of at least 4 members (excludes halogenated alkanes) is 1. The standard InChI is InChI=1S/C20H34B/c1-2-3-10-17-21(18-11-4-5-12-18,19-13-6-7-14-19)20-15-8-9-16-20/h18-20H,2-9,11-16H2,1H3/q-1. The number of hydrogen-bond acceptors (Lipinski definition) is 0. The molecule has 3 rings (SSSR count). The van der Waals surface area contributed by atoms with Crippen LogP contribution in [0, 0.1) is 11.7 Å². The summed E-state index contributed by atoms with van der Waals surface area (Å²) in [5, 5.41) is 0. The van der Waals surface area contributed by atoms with E-state index in [1.807, 2.05) is 0 Å². The molecule has 3 fully saturated rings. The van der Waals surface area contributed by atoms with Gasteiger partial charge in [-0.25, -0.2) is 0 Å². The highest BCUT2D eigenvalue weighted by Crippen LogP contribution is 2.58. The summed E-state index contributed by atoms with van der Waals surface area (Å²) in [7, 11) is 0. The summed E-state index contributed by atoms with van der Waals surface area (Å²) < 4.78 is 0. The van der Waals surface area contributed by atoms with Crippen LogP contribution < -0.4 is 0 Å². The van der Waals surface area contributed by atoms with Crippen LogP contribution >= 0.6 is 0 Å². The Morgan fingerprint density at radius 3 is 1.43 bits per heavy atom. The van der Waals surface area contributed by atoms with Crippen LogP contribution in [0.1, 0.15) is 96.8 Å². The van der Waals surface area contributed by atoms with Crippen molar-refractivity contribution in [3.8, 4) is 11.7 Å². The van der Waals surface area contributed by atoms with Crippen molar-refractivity contribution in [1.29, 1.82) is 0 Å². The first-order chi connectivity index (χ1) is 10.4. The quantitative estimate of drug-likeness (QED) is 0.402. The van der Waals surface area contributed by atoms with E-state index in [0.29, 0.717) is 0 Å². The molecule has 0 amide bonds. The average molecular weight is 285 g/mol. The van der Waals surface area contributed by atoms with Crippen LogP contribution in [0.2, 0.25) is 17.5 Å². The van der Waals surface area contributed by atoms with Crippen molar-refractivity contribution < 1.29 is 0 Å². The first-order valence-electron chi connectivity index (χ1n) is 10.0. The second kappa shape index (κ2) is 7.26. The summed E-state index contributed by atoms with van der Waals surface area (Å²) in [6, 6.07) is 0. The molecule has 1 heteroatoms. The van der Waals surface area contributed by atoms with Crippen LogP contribution in [-0.4, -0.2) is 6.15 Å². The van der Waals surface area contributed by atoms with Crippen LogP contribution in [0.4, 0.5) is 0 Å². The van der Waals surface area contributed by atoms with Gasteiger partial charge < -0.3 is 5.82 Å². The van der Waals surface area contributed by atoms with Gasteiger partial charge in [-0.3, -0.25) is 0 Å². The van der Waals surface area contributed by atoms with Crippen molar-refractivity contribution >= 4 is 6.15 Å². The average Bonchev–Trinajstić information content (AvgIpc) is 3.28. The first kappa shape index (κ1) is 15.5. The molecule has 0 nitrogen and oxygen atoms in total. The largest absolute Gasteiger partial charge is 0.314 e. The van der Waals surface area contributed by atoms with Gasteiger partial charge in [-0.05, 0) is 6.42 Å². The van der Waals surface area contributed by atoms with E-state index in [4.69, 9.17) is 0 Å². The summed E-state index contributed by atoms with van der Waals surface area (Å²) in [5.74, 6) is 10.8. The normalized spacial score (nSPS) is 25.4. The van der Waals surface area contributed by atoms with Gasteiger partial charge in [0.2, 0.25) is 0 Å². The smallest absolute Gasteiger partial charge is 0.0796 e. The lowest BCUT2D eigenvalue weighted by molar-refractivity contribution is 0.690. The molecule has 0 aliphatic heterocycles. The van der Waals surface area contributed by atoms with Gasteiger partial charge in [-0.1, -0.05) is 84.0 Å². The van der Waals surface area contributed by atoms with E-state index >= 15 is 0 Å². The molecule has 3 saturated carbocycles. The molecule has 0 spiro atoms. The lowest BCUT2D eigenvalue weighted by Gasteiger charge is -2.51. The molecule has 21 heavy (non-hydrogen) atoms. The monoisotopic (exact) mass is 285 g/mol. The molecule has 0 N–H and O–H groups in total.